The third-order valence-corrected chi connectivity index (χ3v) is 6.46. The predicted octanol–water partition coefficient (Wildman–Crippen LogP) is 6.44. The number of nitrogens with zero attached hydrogens (tertiary/aromatic N) is 2. The average molecular weight is 460 g/mol. The number of carboxylic acid groups (broad SMARTS) is 1. The number of hydrogen-bond donors (Lipinski definition) is 2. The Kier molecular flexibility index (Phi) is 5.47. The summed E-state index contributed by atoms with van der Waals surface area (Å²) in [6.07, 6.45) is 3.67. The summed E-state index contributed by atoms with van der Waals surface area (Å²) in [5.41, 5.74) is 4.51. The number of benzene rings is 3. The Morgan fingerprint density at radius 2 is 1.81 bits per heavy atom. The highest BCUT2D eigenvalue weighted by Gasteiger charge is 2.15. The first-order chi connectivity index (χ1) is 15.6. The van der Waals surface area contributed by atoms with Crippen molar-refractivity contribution in [1.29, 1.82) is 0 Å². The topological polar surface area (TPSA) is 70.9 Å². The first-order valence-electron chi connectivity index (χ1n) is 9.97. The van der Waals surface area contributed by atoms with Crippen LogP contribution in [0.25, 0.3) is 28.0 Å². The summed E-state index contributed by atoms with van der Waals surface area (Å²) in [7, 11) is 0. The van der Waals surface area contributed by atoms with Gasteiger partial charge in [-0.15, -0.1) is 0 Å². The molecule has 3 aromatic carbocycles. The summed E-state index contributed by atoms with van der Waals surface area (Å²) in [5.74, 6) is -1.00. The van der Waals surface area contributed by atoms with Gasteiger partial charge in [0.2, 0.25) is 0 Å². The van der Waals surface area contributed by atoms with Crippen LogP contribution in [-0.2, 0) is 11.3 Å². The average Bonchev–Trinajstić information content (AvgIpc) is 3.36. The van der Waals surface area contributed by atoms with E-state index in [2.05, 4.69) is 14.5 Å². The van der Waals surface area contributed by atoms with Crippen LogP contribution in [0.4, 0.5) is 0 Å². The number of rotatable bonds is 6. The summed E-state index contributed by atoms with van der Waals surface area (Å²) in [6.45, 7) is 0.590. The quantitative estimate of drug-likeness (QED) is 0.226. The predicted molar refractivity (Wildman–Crippen MR) is 130 cm³/mol. The van der Waals surface area contributed by atoms with Crippen molar-refractivity contribution in [2.45, 2.75) is 11.7 Å². The Hall–Kier alpha value is -3.48. The van der Waals surface area contributed by atoms with Gasteiger partial charge in [0.15, 0.2) is 5.16 Å². The van der Waals surface area contributed by atoms with Crippen molar-refractivity contribution in [2.75, 3.05) is 0 Å². The molecular weight excluding hydrogens is 442 g/mol. The van der Waals surface area contributed by atoms with Crippen molar-refractivity contribution < 1.29 is 9.90 Å². The normalized spacial score (nSPS) is 12.0. The first kappa shape index (κ1) is 20.4. The van der Waals surface area contributed by atoms with E-state index in [0.29, 0.717) is 16.7 Å². The Balaban J connectivity index is 1.54. The van der Waals surface area contributed by atoms with Crippen LogP contribution in [0.5, 0.6) is 0 Å². The zero-order valence-corrected chi connectivity index (χ0v) is 18.4. The van der Waals surface area contributed by atoms with Gasteiger partial charge in [-0.1, -0.05) is 60.1 Å². The smallest absolute Gasteiger partial charge is 0.342 e. The molecule has 0 aliphatic carbocycles. The molecule has 0 saturated heterocycles. The van der Waals surface area contributed by atoms with Crippen LogP contribution in [0.2, 0.25) is 5.02 Å². The minimum absolute atomic E-state index is 0.185. The minimum Gasteiger partial charge on any atom is -0.477 e. The molecule has 0 saturated carbocycles. The molecular formula is C25H18ClN3O2S. The number of imidazole rings is 1. The number of carboxylic acids is 1. The maximum Gasteiger partial charge on any atom is 0.342 e. The van der Waals surface area contributed by atoms with E-state index < -0.39 is 5.97 Å². The van der Waals surface area contributed by atoms with E-state index in [0.717, 1.165) is 44.8 Å². The number of nitrogens with one attached hydrogen (secondary N) is 1. The molecule has 32 heavy (non-hydrogen) atoms. The van der Waals surface area contributed by atoms with Crippen LogP contribution in [0.15, 0.2) is 89.1 Å². The van der Waals surface area contributed by atoms with E-state index in [4.69, 9.17) is 11.6 Å². The van der Waals surface area contributed by atoms with Crippen molar-refractivity contribution in [2.24, 2.45) is 0 Å². The van der Waals surface area contributed by atoms with Crippen LogP contribution >= 0.6 is 23.4 Å². The molecule has 7 heteroatoms. The zero-order valence-electron chi connectivity index (χ0n) is 16.8. The van der Waals surface area contributed by atoms with Crippen molar-refractivity contribution >= 4 is 57.3 Å². The minimum atomic E-state index is -1.00. The second kappa shape index (κ2) is 8.57. The third-order valence-electron chi connectivity index (χ3n) is 5.19. The molecule has 0 spiro atoms. The molecule has 5 aromatic rings. The fourth-order valence-corrected chi connectivity index (χ4v) is 4.67. The molecule has 0 aliphatic heterocycles. The number of aromatic nitrogens is 3. The first-order valence-corrected chi connectivity index (χ1v) is 11.2. The standard InChI is InChI=1S/C25H18ClN3O2S/c26-19-9-3-1-7-16(19)14-29-15-17(18-8-2-6-12-22(18)29)13-23(24(30)31)32-25-27-20-10-4-5-11-21(20)28-25/h1-13,15H,14H2,(H,27,28)(H,30,31)/b23-13-. The molecule has 0 amide bonds. The maximum atomic E-state index is 12.0. The van der Waals surface area contributed by atoms with E-state index >= 15 is 0 Å². The SMILES string of the molecule is O=C(O)/C(=C/c1cn(Cc2ccccc2Cl)c2ccccc12)Sc1nc2ccccc2[nH]1. The van der Waals surface area contributed by atoms with Gasteiger partial charge < -0.3 is 14.7 Å². The lowest BCUT2D eigenvalue weighted by Crippen LogP contribution is -1.98. The van der Waals surface area contributed by atoms with Gasteiger partial charge in [-0.05, 0) is 47.7 Å². The number of aliphatic carboxylic acids is 1. The Labute approximate surface area is 193 Å². The lowest BCUT2D eigenvalue weighted by atomic mass is 10.1. The number of fused-ring (bicyclic) bond motifs is 2. The Morgan fingerprint density at radius 3 is 2.62 bits per heavy atom. The van der Waals surface area contributed by atoms with Gasteiger partial charge in [-0.2, -0.15) is 0 Å². The van der Waals surface area contributed by atoms with E-state index in [1.165, 1.54) is 0 Å². The van der Waals surface area contributed by atoms with Crippen LogP contribution in [0.3, 0.4) is 0 Å². The molecule has 0 bridgehead atoms. The molecule has 2 aromatic heterocycles. The van der Waals surface area contributed by atoms with Crippen LogP contribution in [-0.4, -0.2) is 25.6 Å². The van der Waals surface area contributed by atoms with Gasteiger partial charge in [0.25, 0.3) is 0 Å². The monoisotopic (exact) mass is 459 g/mol. The summed E-state index contributed by atoms with van der Waals surface area (Å²) in [6, 6.07) is 23.3. The highest BCUT2D eigenvalue weighted by molar-refractivity contribution is 8.04. The molecule has 158 valence electrons. The van der Waals surface area contributed by atoms with Gasteiger partial charge in [0, 0.05) is 34.2 Å². The number of aromatic amines is 1. The lowest BCUT2D eigenvalue weighted by Gasteiger charge is -2.07. The second-order valence-corrected chi connectivity index (χ2v) is 8.73. The number of para-hydroxylation sites is 3. The van der Waals surface area contributed by atoms with E-state index in [-0.39, 0.29) is 4.91 Å². The molecule has 0 unspecified atom stereocenters. The zero-order chi connectivity index (χ0) is 22.1. The highest BCUT2D eigenvalue weighted by atomic mass is 35.5. The number of carbonyl (C=O) groups is 1. The van der Waals surface area contributed by atoms with E-state index in [9.17, 15) is 9.90 Å². The van der Waals surface area contributed by atoms with Gasteiger partial charge in [-0.3, -0.25) is 0 Å². The van der Waals surface area contributed by atoms with Crippen molar-refractivity contribution in [1.82, 2.24) is 14.5 Å². The van der Waals surface area contributed by atoms with Gasteiger partial charge in [0.05, 0.1) is 11.0 Å². The Bertz CT molecular complexity index is 1450. The molecule has 0 radical (unpaired) electrons. The number of halogens is 1. The molecule has 0 aliphatic rings. The van der Waals surface area contributed by atoms with Crippen LogP contribution in [0.1, 0.15) is 11.1 Å². The van der Waals surface area contributed by atoms with E-state index in [1.807, 2.05) is 79.0 Å². The van der Waals surface area contributed by atoms with Crippen molar-refractivity contribution in [3.8, 4) is 0 Å². The fourth-order valence-electron chi connectivity index (χ4n) is 3.69. The van der Waals surface area contributed by atoms with Gasteiger partial charge >= 0.3 is 5.97 Å². The second-order valence-electron chi connectivity index (χ2n) is 7.30. The molecule has 0 fully saturated rings. The van der Waals surface area contributed by atoms with Crippen LogP contribution < -0.4 is 0 Å². The van der Waals surface area contributed by atoms with Gasteiger partial charge in [0.1, 0.15) is 4.91 Å². The molecule has 5 rings (SSSR count). The fraction of sp³-hybridized carbons (Fsp3) is 0.0400. The number of H-pyrrole nitrogens is 1. The number of thioether (sulfide) groups is 1. The number of hydrogen-bond acceptors (Lipinski definition) is 3. The van der Waals surface area contributed by atoms with Crippen LogP contribution in [0, 0.1) is 0 Å². The molecule has 2 N–H and O–H groups in total. The van der Waals surface area contributed by atoms with Crippen molar-refractivity contribution in [3.63, 3.8) is 0 Å². The molecule has 5 nitrogen and oxygen atoms in total. The highest BCUT2D eigenvalue weighted by Crippen LogP contribution is 2.31. The summed E-state index contributed by atoms with van der Waals surface area (Å²) >= 11 is 7.47. The maximum absolute atomic E-state index is 12.0. The van der Waals surface area contributed by atoms with Gasteiger partial charge in [-0.25, -0.2) is 9.78 Å². The third kappa shape index (κ3) is 4.02. The summed E-state index contributed by atoms with van der Waals surface area (Å²) < 4.78 is 2.09. The molecule has 0 atom stereocenters. The summed E-state index contributed by atoms with van der Waals surface area (Å²) in [4.78, 5) is 19.9. The lowest BCUT2D eigenvalue weighted by molar-refractivity contribution is -0.131. The van der Waals surface area contributed by atoms with E-state index in [1.54, 1.807) is 6.08 Å². The largest absolute Gasteiger partial charge is 0.477 e. The Morgan fingerprint density at radius 1 is 1.06 bits per heavy atom. The van der Waals surface area contributed by atoms with Crippen molar-refractivity contribution in [3.05, 3.63) is 100 Å². The molecule has 2 heterocycles. The summed E-state index contributed by atoms with van der Waals surface area (Å²) in [5, 5.41) is 12.1.